The molecule has 0 aliphatic heterocycles. The summed E-state index contributed by atoms with van der Waals surface area (Å²) in [6.07, 6.45) is 34.7. The molecule has 0 aliphatic carbocycles. The van der Waals surface area contributed by atoms with Crippen LogP contribution in [0.5, 0.6) is 0 Å². The second-order valence-electron chi connectivity index (χ2n) is 12.5. The van der Waals surface area contributed by atoms with Crippen molar-refractivity contribution in [2.75, 3.05) is 5.75 Å². The van der Waals surface area contributed by atoms with Gasteiger partial charge in [0.05, 0.1) is 17.9 Å². The summed E-state index contributed by atoms with van der Waals surface area (Å²) in [5.74, 6) is -0.970. The van der Waals surface area contributed by atoms with E-state index in [9.17, 15) is 22.9 Å². The molecule has 6 nitrogen and oxygen atoms in total. The molecule has 42 heavy (non-hydrogen) atoms. The van der Waals surface area contributed by atoms with E-state index in [2.05, 4.69) is 19.2 Å². The highest BCUT2D eigenvalue weighted by Gasteiger charge is 2.24. The fourth-order valence-corrected chi connectivity index (χ4v) is 6.24. The fraction of sp³-hybridized carbons (Fsp3) is 0.914. The first-order valence-corrected chi connectivity index (χ1v) is 19.5. The van der Waals surface area contributed by atoms with Crippen molar-refractivity contribution in [3.63, 3.8) is 0 Å². The Morgan fingerprint density at radius 1 is 0.619 bits per heavy atom. The average Bonchev–Trinajstić information content (AvgIpc) is 2.94. The predicted octanol–water partition coefficient (Wildman–Crippen LogP) is 9.85. The van der Waals surface area contributed by atoms with E-state index >= 15 is 0 Å². The molecule has 1 amide bonds. The number of rotatable bonds is 32. The molecule has 0 fully saturated rings. The van der Waals surface area contributed by atoms with E-state index in [1.54, 1.807) is 6.08 Å². The average molecular weight is 616 g/mol. The number of aliphatic hydroxyl groups excluding tert-OH is 1. The van der Waals surface area contributed by atoms with Gasteiger partial charge in [-0.25, -0.2) is 0 Å². The van der Waals surface area contributed by atoms with E-state index in [4.69, 9.17) is 0 Å². The lowest BCUT2D eigenvalue weighted by atomic mass is 10.0. The van der Waals surface area contributed by atoms with Crippen LogP contribution in [-0.2, 0) is 14.9 Å². The van der Waals surface area contributed by atoms with Gasteiger partial charge in [0.1, 0.15) is 0 Å². The predicted molar refractivity (Wildman–Crippen MR) is 180 cm³/mol. The number of aliphatic hydroxyl groups is 1. The molecule has 3 N–H and O–H groups in total. The van der Waals surface area contributed by atoms with Gasteiger partial charge < -0.3 is 10.4 Å². The highest BCUT2D eigenvalue weighted by Crippen LogP contribution is 2.15. The standard InChI is InChI=1S/C35H69NO5S/c1-3-5-7-9-11-13-15-17-18-19-21-23-25-27-29-31-35(38)36-33(32-42(39,40)41)34(37)30-28-26-24-22-20-16-14-12-10-8-6-4-2/h28,30,33-34,37H,3-27,29,31-32H2,1-2H3,(H,36,38)(H,39,40,41)/b30-28+. The van der Waals surface area contributed by atoms with E-state index < -0.39 is 28.0 Å². The van der Waals surface area contributed by atoms with Crippen LogP contribution in [0.1, 0.15) is 187 Å². The monoisotopic (exact) mass is 615 g/mol. The van der Waals surface area contributed by atoms with Gasteiger partial charge in [-0.15, -0.1) is 0 Å². The van der Waals surface area contributed by atoms with Gasteiger partial charge in [0.25, 0.3) is 10.1 Å². The number of nitrogens with one attached hydrogen (secondary N) is 1. The van der Waals surface area contributed by atoms with E-state index in [1.165, 1.54) is 128 Å². The maximum absolute atomic E-state index is 12.4. The van der Waals surface area contributed by atoms with Crippen molar-refractivity contribution in [3.05, 3.63) is 12.2 Å². The number of hydrogen-bond donors (Lipinski definition) is 3. The zero-order valence-corrected chi connectivity index (χ0v) is 28.5. The Hall–Kier alpha value is -0.920. The Bertz CT molecular complexity index is 725. The van der Waals surface area contributed by atoms with Gasteiger partial charge in [-0.2, -0.15) is 8.42 Å². The molecular formula is C35H69NO5S. The molecule has 0 aliphatic rings. The molecule has 0 saturated carbocycles. The van der Waals surface area contributed by atoms with Crippen LogP contribution in [0.25, 0.3) is 0 Å². The van der Waals surface area contributed by atoms with Crippen molar-refractivity contribution in [1.82, 2.24) is 5.32 Å². The van der Waals surface area contributed by atoms with Gasteiger partial charge >= 0.3 is 0 Å². The third-order valence-corrected chi connectivity index (χ3v) is 8.99. The van der Waals surface area contributed by atoms with Crippen LogP contribution in [0.3, 0.4) is 0 Å². The second kappa shape index (κ2) is 30.1. The third-order valence-electron chi connectivity index (χ3n) is 8.21. The van der Waals surface area contributed by atoms with Crippen molar-refractivity contribution < 1.29 is 22.9 Å². The number of carbonyl (C=O) groups excluding carboxylic acids is 1. The zero-order valence-electron chi connectivity index (χ0n) is 27.6. The largest absolute Gasteiger partial charge is 0.387 e. The quantitative estimate of drug-likeness (QED) is 0.0397. The SMILES string of the molecule is CCCCCCCCCCCC/C=C/C(O)C(CS(=O)(=O)O)NC(=O)CCCCCCCCCCCCCCCCC. The highest BCUT2D eigenvalue weighted by molar-refractivity contribution is 7.85. The van der Waals surface area contributed by atoms with E-state index in [0.717, 1.165) is 38.5 Å². The number of unbranched alkanes of at least 4 members (excludes halogenated alkanes) is 24. The molecule has 0 radical (unpaired) electrons. The van der Waals surface area contributed by atoms with Crippen molar-refractivity contribution in [3.8, 4) is 0 Å². The number of hydrogen-bond acceptors (Lipinski definition) is 4. The fourth-order valence-electron chi connectivity index (χ4n) is 5.51. The molecule has 0 aromatic rings. The minimum atomic E-state index is -4.33. The Balaban J connectivity index is 3.97. The molecule has 0 bridgehead atoms. The zero-order chi connectivity index (χ0) is 31.2. The summed E-state index contributed by atoms with van der Waals surface area (Å²) < 4.78 is 32.3. The first-order chi connectivity index (χ1) is 20.3. The first-order valence-electron chi connectivity index (χ1n) is 17.9. The summed E-state index contributed by atoms with van der Waals surface area (Å²) >= 11 is 0. The van der Waals surface area contributed by atoms with Crippen molar-refractivity contribution in [1.29, 1.82) is 0 Å². The summed E-state index contributed by atoms with van der Waals surface area (Å²) in [6, 6.07) is -1.05. The molecule has 0 saturated heterocycles. The smallest absolute Gasteiger partial charge is 0.267 e. The van der Waals surface area contributed by atoms with Gasteiger partial charge in [0, 0.05) is 6.42 Å². The molecule has 0 heterocycles. The minimum absolute atomic E-state index is 0.277. The Morgan fingerprint density at radius 2 is 0.976 bits per heavy atom. The molecule has 0 rings (SSSR count). The Morgan fingerprint density at radius 3 is 1.36 bits per heavy atom. The molecule has 0 aromatic carbocycles. The molecule has 7 heteroatoms. The summed E-state index contributed by atoms with van der Waals surface area (Å²) in [4.78, 5) is 12.4. The normalized spacial score (nSPS) is 13.5. The van der Waals surface area contributed by atoms with Crippen LogP contribution >= 0.6 is 0 Å². The summed E-state index contributed by atoms with van der Waals surface area (Å²) in [7, 11) is -4.33. The van der Waals surface area contributed by atoms with E-state index in [1.807, 2.05) is 6.08 Å². The Labute approximate surface area is 261 Å². The van der Waals surface area contributed by atoms with Gasteiger partial charge in [-0.3, -0.25) is 9.35 Å². The molecular weight excluding hydrogens is 546 g/mol. The third kappa shape index (κ3) is 30.5. The number of allylic oxidation sites excluding steroid dienone is 1. The molecule has 0 aromatic heterocycles. The van der Waals surface area contributed by atoms with Crippen LogP contribution < -0.4 is 5.32 Å². The maximum Gasteiger partial charge on any atom is 0.267 e. The van der Waals surface area contributed by atoms with Gasteiger partial charge in [0.15, 0.2) is 0 Å². The topological polar surface area (TPSA) is 104 Å². The van der Waals surface area contributed by atoms with Crippen LogP contribution in [-0.4, -0.2) is 41.9 Å². The van der Waals surface area contributed by atoms with Crippen molar-refractivity contribution >= 4 is 16.0 Å². The lowest BCUT2D eigenvalue weighted by Crippen LogP contribution is -2.46. The molecule has 2 unspecified atom stereocenters. The Kier molecular flexibility index (Phi) is 29.5. The minimum Gasteiger partial charge on any atom is -0.387 e. The van der Waals surface area contributed by atoms with Gasteiger partial charge in [-0.1, -0.05) is 174 Å². The van der Waals surface area contributed by atoms with E-state index in [-0.39, 0.29) is 5.91 Å². The summed E-state index contributed by atoms with van der Waals surface area (Å²) in [5.41, 5.74) is 0. The highest BCUT2D eigenvalue weighted by atomic mass is 32.2. The van der Waals surface area contributed by atoms with E-state index in [0.29, 0.717) is 6.42 Å². The molecule has 250 valence electrons. The maximum atomic E-state index is 12.4. The number of amides is 1. The lowest BCUT2D eigenvalue weighted by Gasteiger charge is -2.21. The van der Waals surface area contributed by atoms with Crippen molar-refractivity contribution in [2.24, 2.45) is 0 Å². The second-order valence-corrected chi connectivity index (χ2v) is 14.0. The van der Waals surface area contributed by atoms with Crippen LogP contribution in [0.4, 0.5) is 0 Å². The summed E-state index contributed by atoms with van der Waals surface area (Å²) in [6.45, 7) is 4.49. The first kappa shape index (κ1) is 41.1. The number of carbonyl (C=O) groups is 1. The van der Waals surface area contributed by atoms with Crippen molar-refractivity contribution in [2.45, 2.75) is 199 Å². The lowest BCUT2D eigenvalue weighted by molar-refractivity contribution is -0.122. The van der Waals surface area contributed by atoms with Crippen LogP contribution in [0.15, 0.2) is 12.2 Å². The van der Waals surface area contributed by atoms with Crippen LogP contribution in [0, 0.1) is 0 Å². The van der Waals surface area contributed by atoms with Gasteiger partial charge in [-0.05, 0) is 19.3 Å². The summed E-state index contributed by atoms with van der Waals surface area (Å²) in [5, 5.41) is 13.1. The molecule has 0 spiro atoms. The molecule has 2 atom stereocenters. The van der Waals surface area contributed by atoms with Gasteiger partial charge in [0.2, 0.25) is 5.91 Å². The van der Waals surface area contributed by atoms with Crippen LogP contribution in [0.2, 0.25) is 0 Å².